The summed E-state index contributed by atoms with van der Waals surface area (Å²) in [5.74, 6) is -2.56. The molecular formula is C17H19NO5S. The molecule has 0 saturated carbocycles. The standard InChI is InChI=1S/C17H19NO5S/c1-2-24(22,23)11-16(19)18-15(10-17(20)21)14-8-7-12-5-3-4-6-13(12)9-14/h3-9,15H,2,10-11H2,1H3,(H,18,19)(H,20,21)/t15-/m0/s1. The second-order valence-electron chi connectivity index (χ2n) is 5.50. The van der Waals surface area contributed by atoms with E-state index in [4.69, 9.17) is 5.11 Å². The minimum Gasteiger partial charge on any atom is -0.481 e. The molecule has 0 aliphatic rings. The summed E-state index contributed by atoms with van der Waals surface area (Å²) in [6.45, 7) is 1.46. The summed E-state index contributed by atoms with van der Waals surface area (Å²) >= 11 is 0. The highest BCUT2D eigenvalue weighted by molar-refractivity contribution is 7.92. The molecule has 0 fully saturated rings. The van der Waals surface area contributed by atoms with Gasteiger partial charge in [-0.3, -0.25) is 9.59 Å². The zero-order chi connectivity index (χ0) is 17.7. The van der Waals surface area contributed by atoms with Crippen molar-refractivity contribution in [1.29, 1.82) is 0 Å². The fourth-order valence-electron chi connectivity index (χ4n) is 2.39. The summed E-state index contributed by atoms with van der Waals surface area (Å²) < 4.78 is 23.1. The first kappa shape index (κ1) is 17.9. The first-order chi connectivity index (χ1) is 11.3. The van der Waals surface area contributed by atoms with Gasteiger partial charge in [0.2, 0.25) is 5.91 Å². The van der Waals surface area contributed by atoms with Crippen LogP contribution in [-0.4, -0.2) is 36.9 Å². The molecule has 6 nitrogen and oxygen atoms in total. The molecule has 0 radical (unpaired) electrons. The molecule has 2 aromatic rings. The Morgan fingerprint density at radius 2 is 1.79 bits per heavy atom. The van der Waals surface area contributed by atoms with Crippen LogP contribution in [0.4, 0.5) is 0 Å². The average Bonchev–Trinajstić information content (AvgIpc) is 2.53. The third-order valence-electron chi connectivity index (χ3n) is 3.68. The Balaban J connectivity index is 2.26. The molecule has 0 heterocycles. The van der Waals surface area contributed by atoms with Gasteiger partial charge in [0.15, 0.2) is 9.84 Å². The molecule has 2 N–H and O–H groups in total. The van der Waals surface area contributed by atoms with Gasteiger partial charge >= 0.3 is 5.97 Å². The average molecular weight is 349 g/mol. The van der Waals surface area contributed by atoms with Gasteiger partial charge in [0.25, 0.3) is 0 Å². The van der Waals surface area contributed by atoms with Gasteiger partial charge in [-0.25, -0.2) is 8.42 Å². The van der Waals surface area contributed by atoms with Crippen molar-refractivity contribution in [3.05, 3.63) is 48.0 Å². The Morgan fingerprint density at radius 3 is 2.42 bits per heavy atom. The maximum Gasteiger partial charge on any atom is 0.305 e. The predicted molar refractivity (Wildman–Crippen MR) is 91.4 cm³/mol. The number of carboxylic acids is 1. The monoisotopic (exact) mass is 349 g/mol. The summed E-state index contributed by atoms with van der Waals surface area (Å²) in [7, 11) is -3.47. The Bertz CT molecular complexity index is 860. The van der Waals surface area contributed by atoms with E-state index < -0.39 is 33.5 Å². The first-order valence-corrected chi connectivity index (χ1v) is 9.33. The molecule has 0 aliphatic heterocycles. The normalized spacial score (nSPS) is 12.7. The highest BCUT2D eigenvalue weighted by Crippen LogP contribution is 2.22. The van der Waals surface area contributed by atoms with E-state index in [2.05, 4.69) is 5.32 Å². The minimum atomic E-state index is -3.47. The number of hydrogen-bond donors (Lipinski definition) is 2. The summed E-state index contributed by atoms with van der Waals surface area (Å²) in [4.78, 5) is 23.1. The fourth-order valence-corrected chi connectivity index (χ4v) is 3.08. The Kier molecular flexibility index (Phi) is 5.56. The van der Waals surface area contributed by atoms with Gasteiger partial charge in [0.05, 0.1) is 12.5 Å². The van der Waals surface area contributed by atoms with Crippen LogP contribution in [0, 0.1) is 0 Å². The third kappa shape index (κ3) is 4.79. The molecule has 0 spiro atoms. The smallest absolute Gasteiger partial charge is 0.305 e. The molecule has 128 valence electrons. The SMILES string of the molecule is CCS(=O)(=O)CC(=O)N[C@@H](CC(=O)O)c1ccc2ccccc2c1. The van der Waals surface area contributed by atoms with E-state index in [1.54, 1.807) is 12.1 Å². The molecule has 1 atom stereocenters. The number of carboxylic acid groups (broad SMARTS) is 1. The summed E-state index contributed by atoms with van der Waals surface area (Å²) in [5.41, 5.74) is 0.623. The van der Waals surface area contributed by atoms with E-state index in [0.29, 0.717) is 5.56 Å². The predicted octanol–water partition coefficient (Wildman–Crippen LogP) is 1.91. The van der Waals surface area contributed by atoms with Crippen LogP contribution in [0.3, 0.4) is 0 Å². The minimum absolute atomic E-state index is 0.139. The number of aliphatic carboxylic acids is 1. The van der Waals surface area contributed by atoms with Crippen molar-refractivity contribution in [3.8, 4) is 0 Å². The van der Waals surface area contributed by atoms with E-state index in [9.17, 15) is 18.0 Å². The number of nitrogens with one attached hydrogen (secondary N) is 1. The van der Waals surface area contributed by atoms with Crippen LogP contribution in [-0.2, 0) is 19.4 Å². The lowest BCUT2D eigenvalue weighted by Gasteiger charge is -2.18. The molecule has 7 heteroatoms. The lowest BCUT2D eigenvalue weighted by molar-refractivity contribution is -0.137. The van der Waals surface area contributed by atoms with Crippen LogP contribution in [0.15, 0.2) is 42.5 Å². The van der Waals surface area contributed by atoms with Crippen molar-refractivity contribution in [2.75, 3.05) is 11.5 Å². The Morgan fingerprint density at radius 1 is 1.12 bits per heavy atom. The zero-order valence-electron chi connectivity index (χ0n) is 13.2. The van der Waals surface area contributed by atoms with Gasteiger partial charge in [-0.2, -0.15) is 0 Å². The van der Waals surface area contributed by atoms with Crippen LogP contribution < -0.4 is 5.32 Å². The molecule has 0 aliphatic carbocycles. The van der Waals surface area contributed by atoms with E-state index >= 15 is 0 Å². The molecule has 0 saturated heterocycles. The van der Waals surface area contributed by atoms with Crippen molar-refractivity contribution in [3.63, 3.8) is 0 Å². The lowest BCUT2D eigenvalue weighted by atomic mass is 9.99. The van der Waals surface area contributed by atoms with Crippen molar-refractivity contribution >= 4 is 32.5 Å². The summed E-state index contributed by atoms with van der Waals surface area (Å²) in [5, 5.41) is 13.5. The van der Waals surface area contributed by atoms with Crippen LogP contribution >= 0.6 is 0 Å². The van der Waals surface area contributed by atoms with E-state index in [-0.39, 0.29) is 12.2 Å². The van der Waals surface area contributed by atoms with Gasteiger partial charge in [-0.15, -0.1) is 0 Å². The largest absolute Gasteiger partial charge is 0.481 e. The lowest BCUT2D eigenvalue weighted by Crippen LogP contribution is -2.35. The van der Waals surface area contributed by atoms with Gasteiger partial charge in [0.1, 0.15) is 5.75 Å². The van der Waals surface area contributed by atoms with Crippen molar-refractivity contribution < 1.29 is 23.1 Å². The van der Waals surface area contributed by atoms with Crippen LogP contribution in [0.25, 0.3) is 10.8 Å². The summed E-state index contributed by atoms with van der Waals surface area (Å²) in [6, 6.07) is 12.2. The highest BCUT2D eigenvalue weighted by Gasteiger charge is 2.21. The van der Waals surface area contributed by atoms with Gasteiger partial charge < -0.3 is 10.4 Å². The number of carbonyl (C=O) groups excluding carboxylic acids is 1. The second-order valence-corrected chi connectivity index (χ2v) is 7.85. The van der Waals surface area contributed by atoms with Gasteiger partial charge in [0, 0.05) is 5.75 Å². The van der Waals surface area contributed by atoms with Crippen molar-refractivity contribution in [2.24, 2.45) is 0 Å². The number of rotatable bonds is 7. The molecule has 2 aromatic carbocycles. The Hall–Kier alpha value is -2.41. The van der Waals surface area contributed by atoms with Crippen LogP contribution in [0.1, 0.15) is 24.9 Å². The number of hydrogen-bond acceptors (Lipinski definition) is 4. The molecule has 2 rings (SSSR count). The highest BCUT2D eigenvalue weighted by atomic mass is 32.2. The molecular weight excluding hydrogens is 330 g/mol. The molecule has 0 aromatic heterocycles. The van der Waals surface area contributed by atoms with Crippen LogP contribution in [0.2, 0.25) is 0 Å². The maximum absolute atomic E-state index is 12.0. The van der Waals surface area contributed by atoms with E-state index in [1.165, 1.54) is 6.92 Å². The fraction of sp³-hybridized carbons (Fsp3) is 0.294. The number of sulfone groups is 1. The van der Waals surface area contributed by atoms with Gasteiger partial charge in [-0.05, 0) is 22.4 Å². The van der Waals surface area contributed by atoms with E-state index in [1.807, 2.05) is 30.3 Å². The number of fused-ring (bicyclic) bond motifs is 1. The maximum atomic E-state index is 12.0. The van der Waals surface area contributed by atoms with Gasteiger partial charge in [-0.1, -0.05) is 43.3 Å². The first-order valence-electron chi connectivity index (χ1n) is 7.51. The number of carbonyl (C=O) groups is 2. The number of amides is 1. The molecule has 0 unspecified atom stereocenters. The molecule has 0 bridgehead atoms. The van der Waals surface area contributed by atoms with Crippen molar-refractivity contribution in [1.82, 2.24) is 5.32 Å². The van der Waals surface area contributed by atoms with E-state index in [0.717, 1.165) is 10.8 Å². The summed E-state index contributed by atoms with van der Waals surface area (Å²) in [6.07, 6.45) is -0.323. The molecule has 24 heavy (non-hydrogen) atoms. The second kappa shape index (κ2) is 7.44. The Labute approximate surface area is 140 Å². The zero-order valence-corrected chi connectivity index (χ0v) is 14.0. The quantitative estimate of drug-likeness (QED) is 0.795. The topological polar surface area (TPSA) is 101 Å². The van der Waals surface area contributed by atoms with Crippen LogP contribution in [0.5, 0.6) is 0 Å². The number of benzene rings is 2. The van der Waals surface area contributed by atoms with Crippen molar-refractivity contribution in [2.45, 2.75) is 19.4 Å². The third-order valence-corrected chi connectivity index (χ3v) is 5.26. The molecule has 1 amide bonds.